The lowest BCUT2D eigenvalue weighted by Crippen LogP contribution is -2.53. The molecule has 24 heavy (non-hydrogen) atoms. The molecule has 3 unspecified atom stereocenters. The molecule has 4 rings (SSSR count). The van der Waals surface area contributed by atoms with Crippen molar-refractivity contribution in [2.45, 2.75) is 25.5 Å². The largest absolute Gasteiger partial charge is 0.548 e. The van der Waals surface area contributed by atoms with Crippen LogP contribution < -0.4 is 15.2 Å². The highest BCUT2D eigenvalue weighted by Gasteiger charge is 2.47. The van der Waals surface area contributed by atoms with Crippen LogP contribution in [-0.4, -0.2) is 18.1 Å². The summed E-state index contributed by atoms with van der Waals surface area (Å²) in [6.45, 7) is 0. The van der Waals surface area contributed by atoms with Crippen LogP contribution >= 0.6 is 39.1 Å². The Morgan fingerprint density at radius 1 is 1.29 bits per heavy atom. The average molecular weight is 430 g/mol. The SMILES string of the molecule is C.O=C([O-])C1Nc2cc(Cl)cc(Cl)c2C2c3cccc(Br)c3OC12. The van der Waals surface area contributed by atoms with E-state index < -0.39 is 18.1 Å². The number of carboxylic acid groups (broad SMARTS) is 1. The summed E-state index contributed by atoms with van der Waals surface area (Å²) >= 11 is 15.9. The van der Waals surface area contributed by atoms with E-state index in [-0.39, 0.29) is 13.3 Å². The van der Waals surface area contributed by atoms with Gasteiger partial charge in [-0.25, -0.2) is 0 Å². The van der Waals surface area contributed by atoms with Gasteiger partial charge in [0.25, 0.3) is 0 Å². The van der Waals surface area contributed by atoms with Gasteiger partial charge < -0.3 is 20.0 Å². The quantitative estimate of drug-likeness (QED) is 0.748. The molecule has 2 aromatic rings. The van der Waals surface area contributed by atoms with Gasteiger partial charge in [0.1, 0.15) is 17.9 Å². The highest BCUT2D eigenvalue weighted by atomic mass is 79.9. The summed E-state index contributed by atoms with van der Waals surface area (Å²) in [6, 6.07) is 7.97. The molecule has 2 aliphatic heterocycles. The number of fused-ring (bicyclic) bond motifs is 5. The maximum absolute atomic E-state index is 11.6. The van der Waals surface area contributed by atoms with Crippen LogP contribution in [0.3, 0.4) is 0 Å². The second-order valence-electron chi connectivity index (χ2n) is 5.51. The molecule has 7 heteroatoms. The standard InChI is InChI=1S/C16H10BrCl2NO3.CH4/c17-8-3-1-2-7-11-12-9(19)4-6(18)5-10(12)20-13(16(21)22)15(11)23-14(7)8;/h1-5,11,13,15,20H,(H,21,22);1H4/p-1. The first-order chi connectivity index (χ1) is 11.0. The van der Waals surface area contributed by atoms with E-state index in [0.29, 0.717) is 21.5 Å². The number of ether oxygens (including phenoxy) is 1. The fourth-order valence-corrected chi connectivity index (χ4v) is 4.41. The molecule has 0 aliphatic carbocycles. The Morgan fingerprint density at radius 2 is 2.04 bits per heavy atom. The molecular weight excluding hydrogens is 417 g/mol. The van der Waals surface area contributed by atoms with E-state index in [2.05, 4.69) is 21.2 Å². The number of hydrogen-bond acceptors (Lipinski definition) is 4. The second-order valence-corrected chi connectivity index (χ2v) is 7.21. The average Bonchev–Trinajstić information content (AvgIpc) is 2.86. The van der Waals surface area contributed by atoms with Gasteiger partial charge in [0.05, 0.1) is 16.4 Å². The number of carboxylic acids is 1. The molecule has 126 valence electrons. The predicted octanol–water partition coefficient (Wildman–Crippen LogP) is 3.83. The number of rotatable bonds is 1. The molecule has 4 nitrogen and oxygen atoms in total. The Balaban J connectivity index is 0.00000169. The first-order valence-electron chi connectivity index (χ1n) is 6.89. The first-order valence-corrected chi connectivity index (χ1v) is 8.43. The van der Waals surface area contributed by atoms with Crippen LogP contribution in [0.1, 0.15) is 24.5 Å². The minimum Gasteiger partial charge on any atom is -0.548 e. The highest BCUT2D eigenvalue weighted by molar-refractivity contribution is 9.10. The number of carbonyl (C=O) groups is 1. The number of benzene rings is 2. The summed E-state index contributed by atoms with van der Waals surface area (Å²) < 4.78 is 6.71. The lowest BCUT2D eigenvalue weighted by atomic mass is 9.81. The molecule has 0 fully saturated rings. The second kappa shape index (κ2) is 6.14. The Morgan fingerprint density at radius 3 is 2.75 bits per heavy atom. The van der Waals surface area contributed by atoms with Crippen molar-refractivity contribution >= 4 is 50.8 Å². The van der Waals surface area contributed by atoms with Gasteiger partial charge >= 0.3 is 0 Å². The van der Waals surface area contributed by atoms with Crippen LogP contribution in [0.15, 0.2) is 34.8 Å². The summed E-state index contributed by atoms with van der Waals surface area (Å²) in [5, 5.41) is 15.4. The van der Waals surface area contributed by atoms with Crippen molar-refractivity contribution in [3.8, 4) is 5.75 Å². The van der Waals surface area contributed by atoms with Gasteiger partial charge in [-0.1, -0.05) is 42.8 Å². The predicted molar refractivity (Wildman–Crippen MR) is 96.0 cm³/mol. The van der Waals surface area contributed by atoms with Gasteiger partial charge in [-0.3, -0.25) is 0 Å². The summed E-state index contributed by atoms with van der Waals surface area (Å²) in [5.41, 5.74) is 2.27. The maximum atomic E-state index is 11.6. The fraction of sp³-hybridized carbons (Fsp3) is 0.235. The summed E-state index contributed by atoms with van der Waals surface area (Å²) in [6.07, 6.45) is -0.639. The molecule has 0 bridgehead atoms. The number of nitrogens with one attached hydrogen (secondary N) is 1. The Labute approximate surface area is 157 Å². The molecule has 3 atom stereocenters. The highest BCUT2D eigenvalue weighted by Crippen LogP contribution is 2.53. The third kappa shape index (κ3) is 2.46. The number of anilines is 1. The van der Waals surface area contributed by atoms with Gasteiger partial charge in [-0.05, 0) is 34.1 Å². The molecule has 0 saturated carbocycles. The summed E-state index contributed by atoms with van der Waals surface area (Å²) in [7, 11) is 0. The van der Waals surface area contributed by atoms with Crippen LogP contribution in [0.5, 0.6) is 5.75 Å². The molecule has 0 amide bonds. The van der Waals surface area contributed by atoms with Gasteiger partial charge in [-0.2, -0.15) is 0 Å². The molecule has 1 N–H and O–H groups in total. The number of aliphatic carboxylic acids is 1. The van der Waals surface area contributed by atoms with E-state index in [9.17, 15) is 9.90 Å². The van der Waals surface area contributed by atoms with Crippen molar-refractivity contribution in [2.75, 3.05) is 5.32 Å². The Kier molecular flexibility index (Phi) is 4.45. The summed E-state index contributed by atoms with van der Waals surface area (Å²) in [4.78, 5) is 11.6. The van der Waals surface area contributed by atoms with Crippen molar-refractivity contribution in [2.24, 2.45) is 0 Å². The van der Waals surface area contributed by atoms with Crippen LogP contribution in [0.4, 0.5) is 5.69 Å². The zero-order valence-electron chi connectivity index (χ0n) is 11.5. The maximum Gasteiger partial charge on any atom is 0.138 e. The van der Waals surface area contributed by atoms with Crippen LogP contribution in [0, 0.1) is 0 Å². The number of para-hydroxylation sites is 1. The molecule has 2 aliphatic rings. The van der Waals surface area contributed by atoms with E-state index >= 15 is 0 Å². The number of carbonyl (C=O) groups excluding carboxylic acids is 1. The zero-order valence-corrected chi connectivity index (χ0v) is 14.6. The van der Waals surface area contributed by atoms with E-state index in [4.69, 9.17) is 27.9 Å². The third-order valence-corrected chi connectivity index (χ3v) is 5.37. The molecule has 0 radical (unpaired) electrons. The lowest BCUT2D eigenvalue weighted by molar-refractivity contribution is -0.308. The topological polar surface area (TPSA) is 61.4 Å². The van der Waals surface area contributed by atoms with Crippen molar-refractivity contribution < 1.29 is 14.6 Å². The molecule has 0 spiro atoms. The molecule has 2 aromatic carbocycles. The molecular formula is C17H13BrCl2NO3-. The minimum absolute atomic E-state index is 0. The van der Waals surface area contributed by atoms with Crippen molar-refractivity contribution in [1.82, 2.24) is 0 Å². The van der Waals surface area contributed by atoms with E-state index in [1.54, 1.807) is 12.1 Å². The van der Waals surface area contributed by atoms with Crippen molar-refractivity contribution in [3.05, 3.63) is 56.0 Å². The van der Waals surface area contributed by atoms with E-state index in [1.807, 2.05) is 18.2 Å². The van der Waals surface area contributed by atoms with Crippen LogP contribution in [0.25, 0.3) is 0 Å². The van der Waals surface area contributed by atoms with Gasteiger partial charge in [0.15, 0.2) is 0 Å². The van der Waals surface area contributed by atoms with E-state index in [0.717, 1.165) is 15.6 Å². The van der Waals surface area contributed by atoms with Gasteiger partial charge in [0.2, 0.25) is 0 Å². The minimum atomic E-state index is -1.23. The third-order valence-electron chi connectivity index (χ3n) is 4.21. The summed E-state index contributed by atoms with van der Waals surface area (Å²) in [5.74, 6) is -0.897. The molecule has 0 saturated heterocycles. The van der Waals surface area contributed by atoms with Crippen molar-refractivity contribution in [3.63, 3.8) is 0 Å². The Hall–Kier alpha value is -1.43. The van der Waals surface area contributed by atoms with E-state index in [1.165, 1.54) is 0 Å². The number of hydrogen-bond donors (Lipinski definition) is 1. The van der Waals surface area contributed by atoms with Crippen molar-refractivity contribution in [1.29, 1.82) is 0 Å². The monoisotopic (exact) mass is 428 g/mol. The van der Waals surface area contributed by atoms with Crippen LogP contribution in [-0.2, 0) is 4.79 Å². The first kappa shape index (κ1) is 17.4. The molecule has 0 aromatic heterocycles. The smallest absolute Gasteiger partial charge is 0.138 e. The Bertz CT molecular complexity index is 843. The zero-order chi connectivity index (χ0) is 16.3. The van der Waals surface area contributed by atoms with Gasteiger partial charge in [-0.15, -0.1) is 0 Å². The fourth-order valence-electron chi connectivity index (χ4n) is 3.32. The van der Waals surface area contributed by atoms with Crippen LogP contribution in [0.2, 0.25) is 10.0 Å². The molecule has 2 heterocycles. The lowest BCUT2D eigenvalue weighted by Gasteiger charge is -2.37. The normalized spacial score (nSPS) is 23.0. The number of halogens is 3. The van der Waals surface area contributed by atoms with Gasteiger partial charge in [0, 0.05) is 26.9 Å².